The number of hydrogen-bond donors (Lipinski definition) is 1. The Morgan fingerprint density at radius 3 is 2.81 bits per heavy atom. The smallest absolute Gasteiger partial charge is 0.117 e. The van der Waals surface area contributed by atoms with Crippen molar-refractivity contribution in [2.45, 2.75) is 44.7 Å². The summed E-state index contributed by atoms with van der Waals surface area (Å²) in [4.78, 5) is 2.57. The number of furan rings is 1. The van der Waals surface area contributed by atoms with Gasteiger partial charge >= 0.3 is 0 Å². The van der Waals surface area contributed by atoms with Crippen molar-refractivity contribution >= 4 is 12.6 Å². The summed E-state index contributed by atoms with van der Waals surface area (Å²) >= 11 is 4.24. The summed E-state index contributed by atoms with van der Waals surface area (Å²) in [6, 6.07) is 4.87. The molecule has 0 spiro atoms. The first-order chi connectivity index (χ1) is 7.90. The van der Waals surface area contributed by atoms with Gasteiger partial charge in [0, 0.05) is 6.04 Å². The maximum absolute atomic E-state index is 5.42. The van der Waals surface area contributed by atoms with Gasteiger partial charge in [-0.05, 0) is 50.1 Å². The first kappa shape index (κ1) is 12.1. The van der Waals surface area contributed by atoms with E-state index in [4.69, 9.17) is 4.42 Å². The van der Waals surface area contributed by atoms with E-state index in [1.165, 1.54) is 38.6 Å². The van der Waals surface area contributed by atoms with E-state index in [1.807, 2.05) is 6.07 Å². The lowest BCUT2D eigenvalue weighted by atomic mass is 10.2. The van der Waals surface area contributed by atoms with Crippen LogP contribution >= 0.6 is 12.6 Å². The molecule has 1 aromatic heterocycles. The Labute approximate surface area is 103 Å². The number of thiol groups is 1. The maximum atomic E-state index is 5.42. The van der Waals surface area contributed by atoms with Crippen LogP contribution in [0.2, 0.25) is 0 Å². The minimum absolute atomic E-state index is 0.820. The summed E-state index contributed by atoms with van der Waals surface area (Å²) in [7, 11) is 0. The molecule has 16 heavy (non-hydrogen) atoms. The summed E-state index contributed by atoms with van der Waals surface area (Å²) in [6.07, 6.45) is 8.33. The van der Waals surface area contributed by atoms with Crippen molar-refractivity contribution in [3.8, 4) is 0 Å². The van der Waals surface area contributed by atoms with Crippen molar-refractivity contribution in [2.24, 2.45) is 0 Å². The van der Waals surface area contributed by atoms with E-state index in [2.05, 4.69) is 23.6 Å². The zero-order valence-corrected chi connectivity index (χ0v) is 10.7. The average molecular weight is 239 g/mol. The molecular weight excluding hydrogens is 218 g/mol. The summed E-state index contributed by atoms with van der Waals surface area (Å²) in [6.45, 7) is 2.19. The second-order valence-electron chi connectivity index (χ2n) is 4.57. The Balaban J connectivity index is 1.72. The van der Waals surface area contributed by atoms with Gasteiger partial charge in [0.15, 0.2) is 0 Å². The minimum Gasteiger partial charge on any atom is -0.468 e. The molecular formula is C13H21NOS. The highest BCUT2D eigenvalue weighted by Crippen LogP contribution is 2.28. The Morgan fingerprint density at radius 2 is 2.19 bits per heavy atom. The lowest BCUT2D eigenvalue weighted by molar-refractivity contribution is 0.229. The molecule has 1 aliphatic carbocycles. The fourth-order valence-electron chi connectivity index (χ4n) is 2.04. The van der Waals surface area contributed by atoms with E-state index < -0.39 is 0 Å². The normalized spacial score (nSPS) is 15.9. The molecule has 0 unspecified atom stereocenters. The van der Waals surface area contributed by atoms with E-state index in [1.54, 1.807) is 6.26 Å². The molecule has 0 bridgehead atoms. The van der Waals surface area contributed by atoms with Gasteiger partial charge in [0.2, 0.25) is 0 Å². The summed E-state index contributed by atoms with van der Waals surface area (Å²) in [5.41, 5.74) is 0. The van der Waals surface area contributed by atoms with Crippen LogP contribution in [-0.2, 0) is 6.54 Å². The Morgan fingerprint density at radius 1 is 1.31 bits per heavy atom. The molecule has 1 saturated carbocycles. The SMILES string of the molecule is SCCCCCN(Cc1ccco1)C1CC1. The highest BCUT2D eigenvalue weighted by atomic mass is 32.1. The molecule has 0 aliphatic heterocycles. The van der Waals surface area contributed by atoms with Gasteiger partial charge in [-0.15, -0.1) is 0 Å². The maximum Gasteiger partial charge on any atom is 0.117 e. The Bertz CT molecular complexity index is 282. The van der Waals surface area contributed by atoms with Crippen molar-refractivity contribution in [3.63, 3.8) is 0 Å². The van der Waals surface area contributed by atoms with Gasteiger partial charge < -0.3 is 4.42 Å². The fourth-order valence-corrected chi connectivity index (χ4v) is 2.26. The minimum atomic E-state index is 0.820. The topological polar surface area (TPSA) is 16.4 Å². The van der Waals surface area contributed by atoms with E-state index >= 15 is 0 Å². The second-order valence-corrected chi connectivity index (χ2v) is 5.01. The van der Waals surface area contributed by atoms with Crippen molar-refractivity contribution in [2.75, 3.05) is 12.3 Å². The Kier molecular flexibility index (Phi) is 4.79. The van der Waals surface area contributed by atoms with Crippen LogP contribution in [0.25, 0.3) is 0 Å². The molecule has 90 valence electrons. The van der Waals surface area contributed by atoms with Crippen molar-refractivity contribution in [1.29, 1.82) is 0 Å². The van der Waals surface area contributed by atoms with E-state index in [9.17, 15) is 0 Å². The fraction of sp³-hybridized carbons (Fsp3) is 0.692. The molecule has 0 saturated heterocycles. The van der Waals surface area contributed by atoms with Gasteiger partial charge in [-0.2, -0.15) is 12.6 Å². The molecule has 3 heteroatoms. The van der Waals surface area contributed by atoms with Crippen LogP contribution in [0.4, 0.5) is 0 Å². The third-order valence-electron chi connectivity index (χ3n) is 3.11. The highest BCUT2D eigenvalue weighted by molar-refractivity contribution is 7.80. The predicted molar refractivity (Wildman–Crippen MR) is 69.8 cm³/mol. The monoisotopic (exact) mass is 239 g/mol. The van der Waals surface area contributed by atoms with E-state index in [0.717, 1.165) is 24.1 Å². The van der Waals surface area contributed by atoms with Gasteiger partial charge in [0.05, 0.1) is 12.8 Å². The van der Waals surface area contributed by atoms with E-state index in [-0.39, 0.29) is 0 Å². The third kappa shape index (κ3) is 3.87. The van der Waals surface area contributed by atoms with E-state index in [0.29, 0.717) is 0 Å². The summed E-state index contributed by atoms with van der Waals surface area (Å²) in [5.74, 6) is 2.11. The summed E-state index contributed by atoms with van der Waals surface area (Å²) in [5, 5.41) is 0. The summed E-state index contributed by atoms with van der Waals surface area (Å²) < 4.78 is 5.42. The van der Waals surface area contributed by atoms with Gasteiger partial charge in [-0.1, -0.05) is 6.42 Å². The zero-order valence-electron chi connectivity index (χ0n) is 9.77. The van der Waals surface area contributed by atoms with Gasteiger partial charge in [-0.25, -0.2) is 0 Å². The predicted octanol–water partition coefficient (Wildman–Crippen LogP) is 3.34. The molecule has 0 atom stereocenters. The zero-order chi connectivity index (χ0) is 11.2. The molecule has 2 rings (SSSR count). The first-order valence-electron chi connectivity index (χ1n) is 6.27. The van der Waals surface area contributed by atoms with Crippen molar-refractivity contribution in [3.05, 3.63) is 24.2 Å². The van der Waals surface area contributed by atoms with Crippen LogP contribution in [0.15, 0.2) is 22.8 Å². The van der Waals surface area contributed by atoms with Crippen LogP contribution in [0.1, 0.15) is 37.9 Å². The average Bonchev–Trinajstić information content (AvgIpc) is 3.02. The molecule has 0 radical (unpaired) electrons. The van der Waals surface area contributed by atoms with Crippen LogP contribution < -0.4 is 0 Å². The molecule has 1 aliphatic rings. The number of rotatable bonds is 8. The Hall–Kier alpha value is -0.410. The van der Waals surface area contributed by atoms with Crippen LogP contribution in [0.5, 0.6) is 0 Å². The lowest BCUT2D eigenvalue weighted by Gasteiger charge is -2.20. The van der Waals surface area contributed by atoms with Crippen LogP contribution in [0.3, 0.4) is 0 Å². The third-order valence-corrected chi connectivity index (χ3v) is 3.42. The second kappa shape index (κ2) is 6.36. The van der Waals surface area contributed by atoms with Crippen molar-refractivity contribution in [1.82, 2.24) is 4.90 Å². The quantitative estimate of drug-likeness (QED) is 0.553. The standard InChI is InChI=1S/C13H21NOS/c16-10-3-1-2-8-14(12-6-7-12)11-13-5-4-9-15-13/h4-5,9,12,16H,1-3,6-8,10-11H2. The van der Waals surface area contributed by atoms with Crippen LogP contribution in [0, 0.1) is 0 Å². The van der Waals surface area contributed by atoms with Crippen molar-refractivity contribution < 1.29 is 4.42 Å². The highest BCUT2D eigenvalue weighted by Gasteiger charge is 2.28. The molecule has 0 aromatic carbocycles. The number of hydrogen-bond acceptors (Lipinski definition) is 3. The molecule has 1 fully saturated rings. The first-order valence-corrected chi connectivity index (χ1v) is 6.90. The molecule has 1 aromatic rings. The molecule has 0 amide bonds. The largest absolute Gasteiger partial charge is 0.468 e. The number of unbranched alkanes of at least 4 members (excludes halogenated alkanes) is 2. The molecule has 2 nitrogen and oxygen atoms in total. The molecule has 1 heterocycles. The van der Waals surface area contributed by atoms with Gasteiger partial charge in [-0.3, -0.25) is 4.90 Å². The van der Waals surface area contributed by atoms with Crippen LogP contribution in [-0.4, -0.2) is 23.2 Å². The lowest BCUT2D eigenvalue weighted by Crippen LogP contribution is -2.26. The van der Waals surface area contributed by atoms with Gasteiger partial charge in [0.25, 0.3) is 0 Å². The molecule has 0 N–H and O–H groups in total. The number of nitrogens with zero attached hydrogens (tertiary/aromatic N) is 1. The van der Waals surface area contributed by atoms with Gasteiger partial charge in [0.1, 0.15) is 5.76 Å².